The third-order valence-electron chi connectivity index (χ3n) is 9.79. The molecule has 2 aromatic carbocycles. The second-order valence-electron chi connectivity index (χ2n) is 12.4. The average molecular weight is 610 g/mol. The maximum atomic E-state index is 13.7. The number of aromatic nitrogens is 4. The van der Waals surface area contributed by atoms with Crippen molar-refractivity contribution in [2.75, 3.05) is 50.8 Å². The standard InChI is InChI=1S/C35H43N7O3/c1-3-44-28-7-5-6-25(20-28)23-42-33-30(22-39-42)32(36-24-37-33)40-16-18-41(19-17-40)34(43)26-10-13-35(14-11-26)31-9-8-29(45-4-2)21-27(31)12-15-38-35/h5-9,20-22,24,26,38H,3-4,10-19,23H2,1-2H3/t26-,35+. The number of piperazine rings is 1. The number of hydrogen-bond donors (Lipinski definition) is 1. The van der Waals surface area contributed by atoms with Crippen LogP contribution in [0.4, 0.5) is 5.82 Å². The Balaban J connectivity index is 0.974. The lowest BCUT2D eigenvalue weighted by atomic mass is 9.69. The molecule has 0 atom stereocenters. The van der Waals surface area contributed by atoms with E-state index in [1.165, 1.54) is 11.1 Å². The van der Waals surface area contributed by atoms with Gasteiger partial charge in [0.15, 0.2) is 5.65 Å². The third-order valence-corrected chi connectivity index (χ3v) is 9.79. The summed E-state index contributed by atoms with van der Waals surface area (Å²) in [5.41, 5.74) is 4.67. The van der Waals surface area contributed by atoms with Crippen LogP contribution in [-0.4, -0.2) is 76.5 Å². The van der Waals surface area contributed by atoms with Crippen molar-refractivity contribution < 1.29 is 14.3 Å². The highest BCUT2D eigenvalue weighted by Crippen LogP contribution is 2.44. The summed E-state index contributed by atoms with van der Waals surface area (Å²) in [6.07, 6.45) is 8.31. The topological polar surface area (TPSA) is 97.6 Å². The summed E-state index contributed by atoms with van der Waals surface area (Å²) >= 11 is 0. The van der Waals surface area contributed by atoms with Crippen LogP contribution in [0.2, 0.25) is 0 Å². The maximum absolute atomic E-state index is 13.7. The second kappa shape index (κ2) is 12.7. The molecule has 0 radical (unpaired) electrons. The first-order chi connectivity index (χ1) is 22.1. The Kier molecular flexibility index (Phi) is 8.31. The van der Waals surface area contributed by atoms with Gasteiger partial charge in [-0.05, 0) is 86.9 Å². The summed E-state index contributed by atoms with van der Waals surface area (Å²) in [6.45, 7) is 9.78. The zero-order valence-corrected chi connectivity index (χ0v) is 26.4. The fourth-order valence-electron chi connectivity index (χ4n) is 7.55. The van der Waals surface area contributed by atoms with Crippen molar-refractivity contribution in [1.82, 2.24) is 30.0 Å². The highest BCUT2D eigenvalue weighted by atomic mass is 16.5. The molecule has 1 saturated heterocycles. The number of anilines is 1. The number of rotatable bonds is 8. The molecule has 1 spiro atoms. The van der Waals surface area contributed by atoms with Crippen molar-refractivity contribution in [2.24, 2.45) is 5.92 Å². The van der Waals surface area contributed by atoms with E-state index in [1.54, 1.807) is 6.33 Å². The Morgan fingerprint density at radius 1 is 0.978 bits per heavy atom. The normalized spacial score (nSPS) is 21.6. The lowest BCUT2D eigenvalue weighted by molar-refractivity contribution is -0.137. The van der Waals surface area contributed by atoms with E-state index in [1.807, 2.05) is 42.9 Å². The molecule has 1 N–H and O–H groups in total. The van der Waals surface area contributed by atoms with Crippen LogP contribution in [0.1, 0.15) is 56.2 Å². The Morgan fingerprint density at radius 3 is 2.53 bits per heavy atom. The number of carbonyl (C=O) groups excluding carboxylic acids is 1. The zero-order chi connectivity index (χ0) is 30.8. The van der Waals surface area contributed by atoms with Crippen LogP contribution in [0.5, 0.6) is 11.5 Å². The van der Waals surface area contributed by atoms with Gasteiger partial charge in [0.25, 0.3) is 0 Å². The molecule has 3 aliphatic rings. The second-order valence-corrected chi connectivity index (χ2v) is 12.4. The van der Waals surface area contributed by atoms with Crippen molar-refractivity contribution >= 4 is 22.8 Å². The van der Waals surface area contributed by atoms with Crippen molar-refractivity contribution in [1.29, 1.82) is 0 Å². The van der Waals surface area contributed by atoms with Crippen LogP contribution in [0.15, 0.2) is 55.0 Å². The van der Waals surface area contributed by atoms with Crippen LogP contribution in [0.3, 0.4) is 0 Å². The first-order valence-corrected chi connectivity index (χ1v) is 16.5. The lowest BCUT2D eigenvalue weighted by Crippen LogP contribution is -2.53. The van der Waals surface area contributed by atoms with Gasteiger partial charge in [0, 0.05) is 44.2 Å². The van der Waals surface area contributed by atoms with Gasteiger partial charge in [0.05, 0.1) is 31.3 Å². The van der Waals surface area contributed by atoms with Crippen LogP contribution in [-0.2, 0) is 23.3 Å². The van der Waals surface area contributed by atoms with E-state index in [9.17, 15) is 4.79 Å². The summed E-state index contributed by atoms with van der Waals surface area (Å²) < 4.78 is 13.3. The molecule has 1 aliphatic carbocycles. The lowest BCUT2D eigenvalue weighted by Gasteiger charge is -2.46. The molecule has 45 heavy (non-hydrogen) atoms. The third kappa shape index (κ3) is 5.83. The molecule has 0 bridgehead atoms. The molecule has 4 aromatic rings. The SMILES string of the molecule is CCOc1cccc(Cn2ncc3c(N4CCN(C(=O)[C@H]5CC[C@]6(CC5)NCCc5cc(OCC)ccc56)CC4)ncnc32)c1. The number of carbonyl (C=O) groups is 1. The molecule has 7 rings (SSSR count). The van der Waals surface area contributed by atoms with E-state index in [0.717, 1.165) is 85.7 Å². The predicted molar refractivity (Wildman–Crippen MR) is 174 cm³/mol. The molecular weight excluding hydrogens is 566 g/mol. The smallest absolute Gasteiger partial charge is 0.225 e. The highest BCUT2D eigenvalue weighted by molar-refractivity contribution is 5.87. The van der Waals surface area contributed by atoms with Gasteiger partial charge in [0.2, 0.25) is 5.91 Å². The minimum absolute atomic E-state index is 0.0251. The van der Waals surface area contributed by atoms with Gasteiger partial charge in [-0.15, -0.1) is 0 Å². The van der Waals surface area contributed by atoms with E-state index >= 15 is 0 Å². The van der Waals surface area contributed by atoms with Crippen molar-refractivity contribution in [3.05, 3.63) is 71.7 Å². The van der Waals surface area contributed by atoms with E-state index in [-0.39, 0.29) is 11.5 Å². The Bertz CT molecular complexity index is 1650. The number of fused-ring (bicyclic) bond motifs is 3. The van der Waals surface area contributed by atoms with E-state index in [4.69, 9.17) is 9.47 Å². The van der Waals surface area contributed by atoms with Crippen molar-refractivity contribution in [2.45, 2.75) is 58.0 Å². The zero-order valence-electron chi connectivity index (χ0n) is 26.4. The minimum atomic E-state index is -0.0251. The summed E-state index contributed by atoms with van der Waals surface area (Å²) in [7, 11) is 0. The first-order valence-electron chi connectivity index (χ1n) is 16.5. The fourth-order valence-corrected chi connectivity index (χ4v) is 7.55. The summed E-state index contributed by atoms with van der Waals surface area (Å²) in [6, 6.07) is 14.7. The van der Waals surface area contributed by atoms with Gasteiger partial charge in [0.1, 0.15) is 23.6 Å². The molecule has 1 saturated carbocycles. The average Bonchev–Trinajstić information content (AvgIpc) is 3.48. The molecule has 2 aliphatic heterocycles. The minimum Gasteiger partial charge on any atom is -0.494 e. The van der Waals surface area contributed by atoms with E-state index in [0.29, 0.717) is 38.8 Å². The molecule has 2 aromatic heterocycles. The van der Waals surface area contributed by atoms with E-state index < -0.39 is 0 Å². The molecule has 4 heterocycles. The summed E-state index contributed by atoms with van der Waals surface area (Å²) in [5.74, 6) is 3.09. The molecule has 236 valence electrons. The van der Waals surface area contributed by atoms with Gasteiger partial charge in [-0.3, -0.25) is 4.79 Å². The first kappa shape index (κ1) is 29.5. The molecule has 10 nitrogen and oxygen atoms in total. The van der Waals surface area contributed by atoms with Crippen molar-refractivity contribution in [3.8, 4) is 11.5 Å². The van der Waals surface area contributed by atoms with E-state index in [2.05, 4.69) is 54.4 Å². The molecule has 0 unspecified atom stereocenters. The van der Waals surface area contributed by atoms with Gasteiger partial charge in [-0.1, -0.05) is 18.2 Å². The highest BCUT2D eigenvalue weighted by Gasteiger charge is 2.42. The monoisotopic (exact) mass is 609 g/mol. The Labute approximate surface area is 264 Å². The molecular formula is C35H43N7O3. The van der Waals surface area contributed by atoms with Gasteiger partial charge < -0.3 is 24.6 Å². The van der Waals surface area contributed by atoms with Gasteiger partial charge in [-0.25, -0.2) is 14.6 Å². The van der Waals surface area contributed by atoms with Gasteiger partial charge >= 0.3 is 0 Å². The number of hydrogen-bond acceptors (Lipinski definition) is 8. The van der Waals surface area contributed by atoms with Crippen LogP contribution in [0.25, 0.3) is 11.0 Å². The number of ether oxygens (including phenoxy) is 2. The van der Waals surface area contributed by atoms with Crippen LogP contribution < -0.4 is 19.7 Å². The largest absolute Gasteiger partial charge is 0.494 e. The molecule has 10 heteroatoms. The van der Waals surface area contributed by atoms with Crippen molar-refractivity contribution in [3.63, 3.8) is 0 Å². The number of nitrogens with one attached hydrogen (secondary N) is 1. The molecule has 2 fully saturated rings. The fraction of sp³-hybridized carbons (Fsp3) is 0.486. The Hall–Kier alpha value is -4.18. The predicted octanol–water partition coefficient (Wildman–Crippen LogP) is 4.55. The summed E-state index contributed by atoms with van der Waals surface area (Å²) in [4.78, 5) is 27.3. The Morgan fingerprint density at radius 2 is 1.76 bits per heavy atom. The number of nitrogens with zero attached hydrogens (tertiary/aromatic N) is 6. The quantitative estimate of drug-likeness (QED) is 0.311. The summed E-state index contributed by atoms with van der Waals surface area (Å²) in [5, 5.41) is 9.44. The number of benzene rings is 2. The maximum Gasteiger partial charge on any atom is 0.225 e. The van der Waals surface area contributed by atoms with Crippen LogP contribution >= 0.6 is 0 Å². The van der Waals surface area contributed by atoms with Crippen LogP contribution in [0, 0.1) is 5.92 Å². The molecule has 1 amide bonds. The number of amides is 1. The van der Waals surface area contributed by atoms with Gasteiger partial charge in [-0.2, -0.15) is 5.10 Å².